The molecule has 0 aliphatic carbocycles. The number of halogens is 1. The first-order valence-corrected chi connectivity index (χ1v) is 10.1. The SMILES string of the molecule is CC(N)C1CCN(C(=O)c2nc(-c3cccs3)n(-c3ccccc3)n2)CC1.Cl. The zero-order valence-corrected chi connectivity index (χ0v) is 17.3. The fourth-order valence-electron chi connectivity index (χ4n) is 3.49. The molecule has 1 atom stereocenters. The maximum atomic E-state index is 13.0. The maximum absolute atomic E-state index is 13.0. The summed E-state index contributed by atoms with van der Waals surface area (Å²) >= 11 is 1.59. The summed E-state index contributed by atoms with van der Waals surface area (Å²) in [6.07, 6.45) is 1.86. The van der Waals surface area contributed by atoms with Crippen molar-refractivity contribution < 1.29 is 4.79 Å². The fraction of sp³-hybridized carbons (Fsp3) is 0.350. The highest BCUT2D eigenvalue weighted by Crippen LogP contribution is 2.26. The number of hydrogen-bond acceptors (Lipinski definition) is 5. The topological polar surface area (TPSA) is 77.0 Å². The minimum absolute atomic E-state index is 0. The van der Waals surface area contributed by atoms with E-state index >= 15 is 0 Å². The number of rotatable bonds is 4. The van der Waals surface area contributed by atoms with Crippen LogP contribution >= 0.6 is 23.7 Å². The Labute approximate surface area is 174 Å². The second-order valence-electron chi connectivity index (χ2n) is 6.97. The predicted octanol–water partition coefficient (Wildman–Crippen LogP) is 3.62. The van der Waals surface area contributed by atoms with Crippen LogP contribution in [0.1, 0.15) is 30.4 Å². The van der Waals surface area contributed by atoms with Crippen molar-refractivity contribution in [2.45, 2.75) is 25.8 Å². The molecule has 2 aromatic heterocycles. The van der Waals surface area contributed by atoms with Crippen molar-refractivity contribution >= 4 is 29.7 Å². The summed E-state index contributed by atoms with van der Waals surface area (Å²) in [6, 6.07) is 13.9. The first-order chi connectivity index (χ1) is 13.1. The number of hydrogen-bond donors (Lipinski definition) is 1. The Hall–Kier alpha value is -2.22. The van der Waals surface area contributed by atoms with Crippen LogP contribution in [0.15, 0.2) is 47.8 Å². The molecular formula is C20H24ClN5OS. The average molecular weight is 418 g/mol. The molecule has 1 fully saturated rings. The summed E-state index contributed by atoms with van der Waals surface area (Å²) in [5, 5.41) is 6.56. The van der Waals surface area contributed by atoms with Gasteiger partial charge in [0.25, 0.3) is 5.91 Å². The Morgan fingerprint density at radius 3 is 2.50 bits per heavy atom. The number of thiophene rings is 1. The molecule has 148 valence electrons. The molecule has 1 aliphatic rings. The van der Waals surface area contributed by atoms with Crippen LogP contribution in [0, 0.1) is 5.92 Å². The van der Waals surface area contributed by atoms with Gasteiger partial charge in [0.2, 0.25) is 5.82 Å². The van der Waals surface area contributed by atoms with Gasteiger partial charge in [0.15, 0.2) is 5.82 Å². The van der Waals surface area contributed by atoms with E-state index in [0.29, 0.717) is 24.8 Å². The van der Waals surface area contributed by atoms with E-state index in [9.17, 15) is 4.79 Å². The lowest BCUT2D eigenvalue weighted by Gasteiger charge is -2.33. The number of para-hydroxylation sites is 1. The quantitative estimate of drug-likeness (QED) is 0.703. The van der Waals surface area contributed by atoms with Gasteiger partial charge in [-0.1, -0.05) is 24.3 Å². The molecule has 4 rings (SSSR count). The van der Waals surface area contributed by atoms with E-state index in [-0.39, 0.29) is 30.2 Å². The van der Waals surface area contributed by atoms with Crippen molar-refractivity contribution in [3.05, 3.63) is 53.7 Å². The highest BCUT2D eigenvalue weighted by atomic mass is 35.5. The number of nitrogens with two attached hydrogens (primary N) is 1. The zero-order valence-electron chi connectivity index (χ0n) is 15.7. The van der Waals surface area contributed by atoms with Crippen molar-refractivity contribution in [2.75, 3.05) is 13.1 Å². The second kappa shape index (κ2) is 8.86. The summed E-state index contributed by atoms with van der Waals surface area (Å²) in [5.74, 6) is 1.32. The lowest BCUT2D eigenvalue weighted by Crippen LogP contribution is -2.42. The third kappa shape index (κ3) is 4.11. The van der Waals surface area contributed by atoms with Gasteiger partial charge in [-0.2, -0.15) is 0 Å². The van der Waals surface area contributed by atoms with Crippen LogP contribution in [0.4, 0.5) is 0 Å². The molecule has 2 N–H and O–H groups in total. The Morgan fingerprint density at radius 2 is 1.89 bits per heavy atom. The van der Waals surface area contributed by atoms with Gasteiger partial charge in [-0.25, -0.2) is 9.67 Å². The van der Waals surface area contributed by atoms with Gasteiger partial charge in [0.1, 0.15) is 0 Å². The molecule has 0 radical (unpaired) electrons. The lowest BCUT2D eigenvalue weighted by atomic mass is 9.91. The average Bonchev–Trinajstić information content (AvgIpc) is 3.38. The first-order valence-electron chi connectivity index (χ1n) is 9.24. The summed E-state index contributed by atoms with van der Waals surface area (Å²) < 4.78 is 1.76. The van der Waals surface area contributed by atoms with Crippen molar-refractivity contribution in [3.63, 3.8) is 0 Å². The molecule has 0 saturated carbocycles. The number of amides is 1. The number of benzene rings is 1. The number of nitrogens with zero attached hydrogens (tertiary/aromatic N) is 4. The minimum Gasteiger partial charge on any atom is -0.336 e. The molecule has 1 aliphatic heterocycles. The Kier molecular flexibility index (Phi) is 6.49. The molecule has 1 aromatic carbocycles. The molecule has 1 amide bonds. The van der Waals surface area contributed by atoms with E-state index in [4.69, 9.17) is 5.73 Å². The van der Waals surface area contributed by atoms with Crippen molar-refractivity contribution in [1.82, 2.24) is 19.7 Å². The van der Waals surface area contributed by atoms with Crippen LogP contribution in [0.2, 0.25) is 0 Å². The Balaban J connectivity index is 0.00000225. The van der Waals surface area contributed by atoms with Crippen molar-refractivity contribution in [3.8, 4) is 16.4 Å². The van der Waals surface area contributed by atoms with E-state index in [2.05, 4.69) is 10.1 Å². The molecule has 1 saturated heterocycles. The van der Waals surface area contributed by atoms with Crippen molar-refractivity contribution in [1.29, 1.82) is 0 Å². The Morgan fingerprint density at radius 1 is 1.18 bits per heavy atom. The highest BCUT2D eigenvalue weighted by Gasteiger charge is 2.28. The number of likely N-dealkylation sites (tertiary alicyclic amines) is 1. The maximum Gasteiger partial charge on any atom is 0.293 e. The summed E-state index contributed by atoms with van der Waals surface area (Å²) in [5.41, 5.74) is 6.90. The second-order valence-corrected chi connectivity index (χ2v) is 7.92. The smallest absolute Gasteiger partial charge is 0.293 e. The van der Waals surface area contributed by atoms with Crippen LogP contribution in [0.3, 0.4) is 0 Å². The van der Waals surface area contributed by atoms with Crippen LogP contribution in [-0.2, 0) is 0 Å². The molecule has 0 bridgehead atoms. The molecule has 6 nitrogen and oxygen atoms in total. The largest absolute Gasteiger partial charge is 0.336 e. The van der Waals surface area contributed by atoms with Gasteiger partial charge in [0.05, 0.1) is 10.6 Å². The molecule has 28 heavy (non-hydrogen) atoms. The number of carbonyl (C=O) groups is 1. The van der Waals surface area contributed by atoms with E-state index in [1.54, 1.807) is 16.0 Å². The lowest BCUT2D eigenvalue weighted by molar-refractivity contribution is 0.0669. The Bertz CT molecular complexity index is 902. The molecule has 1 unspecified atom stereocenters. The van der Waals surface area contributed by atoms with E-state index in [0.717, 1.165) is 23.4 Å². The van der Waals surface area contributed by atoms with Crippen LogP contribution in [0.5, 0.6) is 0 Å². The fourth-order valence-corrected chi connectivity index (χ4v) is 4.19. The van der Waals surface area contributed by atoms with Gasteiger partial charge in [0, 0.05) is 19.1 Å². The first kappa shape index (κ1) is 20.5. The van der Waals surface area contributed by atoms with Gasteiger partial charge in [-0.15, -0.1) is 28.8 Å². The number of carbonyl (C=O) groups excluding carboxylic acids is 1. The van der Waals surface area contributed by atoms with E-state index in [1.165, 1.54) is 0 Å². The third-order valence-corrected chi connectivity index (χ3v) is 5.98. The van der Waals surface area contributed by atoms with E-state index in [1.807, 2.05) is 59.7 Å². The van der Waals surface area contributed by atoms with Crippen LogP contribution < -0.4 is 5.73 Å². The highest BCUT2D eigenvalue weighted by molar-refractivity contribution is 7.13. The molecule has 8 heteroatoms. The normalized spacial score (nSPS) is 15.9. The molecular weight excluding hydrogens is 394 g/mol. The predicted molar refractivity (Wildman–Crippen MR) is 114 cm³/mol. The van der Waals surface area contributed by atoms with Gasteiger partial charge >= 0.3 is 0 Å². The van der Waals surface area contributed by atoms with Gasteiger partial charge < -0.3 is 10.6 Å². The standard InChI is InChI=1S/C20H23N5OS.ClH/c1-14(21)15-9-11-24(12-10-15)20(26)18-22-19(17-8-5-13-27-17)25(23-18)16-6-3-2-4-7-16;/h2-8,13-15H,9-12,21H2,1H3;1H. The van der Waals surface area contributed by atoms with Crippen LogP contribution in [-0.4, -0.2) is 44.7 Å². The van der Waals surface area contributed by atoms with Crippen molar-refractivity contribution in [2.24, 2.45) is 11.7 Å². The monoisotopic (exact) mass is 417 g/mol. The summed E-state index contributed by atoms with van der Waals surface area (Å²) in [6.45, 7) is 3.46. The molecule has 3 aromatic rings. The van der Waals surface area contributed by atoms with E-state index < -0.39 is 0 Å². The number of piperidine rings is 1. The molecule has 3 heterocycles. The molecule has 0 spiro atoms. The van der Waals surface area contributed by atoms with Gasteiger partial charge in [-0.3, -0.25) is 4.79 Å². The third-order valence-electron chi connectivity index (χ3n) is 5.11. The summed E-state index contributed by atoms with van der Waals surface area (Å²) in [7, 11) is 0. The zero-order chi connectivity index (χ0) is 18.8. The van der Waals surface area contributed by atoms with Gasteiger partial charge in [-0.05, 0) is 49.3 Å². The number of aromatic nitrogens is 3. The van der Waals surface area contributed by atoms with Crippen LogP contribution in [0.25, 0.3) is 16.4 Å². The summed E-state index contributed by atoms with van der Waals surface area (Å²) in [4.78, 5) is 20.4. The minimum atomic E-state index is -0.106.